The first-order valence-electron chi connectivity index (χ1n) is 7.71. The predicted molar refractivity (Wildman–Crippen MR) is 98.0 cm³/mol. The van der Waals surface area contributed by atoms with E-state index in [0.29, 0.717) is 16.4 Å². The van der Waals surface area contributed by atoms with Gasteiger partial charge in [-0.05, 0) is 47.7 Å². The average molecular weight is 383 g/mol. The Labute approximate surface area is 158 Å². The molecule has 1 saturated heterocycles. The van der Waals surface area contributed by atoms with E-state index in [-0.39, 0.29) is 24.2 Å². The van der Waals surface area contributed by atoms with Crippen molar-refractivity contribution in [2.75, 3.05) is 6.54 Å². The molecule has 27 heavy (non-hydrogen) atoms. The van der Waals surface area contributed by atoms with Gasteiger partial charge in [-0.25, -0.2) is 4.79 Å². The summed E-state index contributed by atoms with van der Waals surface area (Å²) in [4.78, 5) is 36.0. The van der Waals surface area contributed by atoms with Crippen LogP contribution in [0.3, 0.4) is 0 Å². The quantitative estimate of drug-likeness (QED) is 0.604. The molecule has 8 heteroatoms. The van der Waals surface area contributed by atoms with Gasteiger partial charge in [0.1, 0.15) is 18.1 Å². The summed E-state index contributed by atoms with van der Waals surface area (Å²) < 4.78 is 10.6. The molecule has 0 unspecified atom stereocenters. The Morgan fingerprint density at radius 1 is 1.26 bits per heavy atom. The molecule has 0 atom stereocenters. The van der Waals surface area contributed by atoms with Gasteiger partial charge in [0, 0.05) is 0 Å². The van der Waals surface area contributed by atoms with Crippen molar-refractivity contribution in [3.05, 3.63) is 58.4 Å². The van der Waals surface area contributed by atoms with Gasteiger partial charge in [0.2, 0.25) is 5.76 Å². The highest BCUT2D eigenvalue weighted by atomic mass is 32.2. The Balaban J connectivity index is 1.63. The lowest BCUT2D eigenvalue weighted by atomic mass is 10.2. The van der Waals surface area contributed by atoms with E-state index in [4.69, 9.17) is 20.7 Å². The Hall–Kier alpha value is -3.44. The maximum absolute atomic E-state index is 12.1. The third kappa shape index (κ3) is 4.22. The number of carbonyl (C=O) groups excluding carboxylic acids is 2. The summed E-state index contributed by atoms with van der Waals surface area (Å²) in [7, 11) is 0. The number of furan rings is 1. The predicted octanol–water partition coefficient (Wildman–Crippen LogP) is 3.23. The molecule has 0 radical (unpaired) electrons. The van der Waals surface area contributed by atoms with E-state index in [1.807, 2.05) is 0 Å². The van der Waals surface area contributed by atoms with Gasteiger partial charge in [-0.3, -0.25) is 14.5 Å². The molecule has 1 N–H and O–H groups in total. The monoisotopic (exact) mass is 383 g/mol. The second-order valence-electron chi connectivity index (χ2n) is 5.40. The average Bonchev–Trinajstić information content (AvgIpc) is 3.22. The lowest BCUT2D eigenvalue weighted by Gasteiger charge is -2.06. The number of nitrogens with zero attached hydrogens (tertiary/aromatic N) is 1. The van der Waals surface area contributed by atoms with E-state index in [9.17, 15) is 14.4 Å². The topological polar surface area (TPSA) is 97.1 Å². The highest BCUT2D eigenvalue weighted by Gasteiger charge is 2.34. The molecule has 2 aromatic rings. The highest BCUT2D eigenvalue weighted by Crippen LogP contribution is 2.32. The normalized spacial score (nSPS) is 15.2. The molecule has 1 aliphatic heterocycles. The first kappa shape index (κ1) is 18.4. The van der Waals surface area contributed by atoms with E-state index < -0.39 is 11.9 Å². The minimum atomic E-state index is -1.14. The van der Waals surface area contributed by atoms with E-state index in [1.54, 1.807) is 30.3 Å². The number of carbonyl (C=O) groups is 3. The molecule has 1 fully saturated rings. The minimum absolute atomic E-state index is 0.0504. The number of terminal acetylenes is 1. The third-order valence-corrected chi connectivity index (χ3v) is 4.46. The van der Waals surface area contributed by atoms with Gasteiger partial charge in [0.25, 0.3) is 11.1 Å². The number of ether oxygens (including phenoxy) is 1. The zero-order chi connectivity index (χ0) is 19.4. The van der Waals surface area contributed by atoms with Gasteiger partial charge in [0.05, 0.1) is 11.4 Å². The van der Waals surface area contributed by atoms with Gasteiger partial charge in [-0.1, -0.05) is 18.1 Å². The van der Waals surface area contributed by atoms with Crippen LogP contribution in [0.4, 0.5) is 4.79 Å². The molecule has 0 bridgehead atoms. The summed E-state index contributed by atoms with van der Waals surface area (Å²) in [6, 6.07) is 9.74. The van der Waals surface area contributed by atoms with Gasteiger partial charge in [-0.2, -0.15) is 0 Å². The van der Waals surface area contributed by atoms with Crippen molar-refractivity contribution in [1.29, 1.82) is 0 Å². The van der Waals surface area contributed by atoms with Gasteiger partial charge >= 0.3 is 5.97 Å². The first-order chi connectivity index (χ1) is 13.0. The van der Waals surface area contributed by atoms with Crippen molar-refractivity contribution in [3.63, 3.8) is 0 Å². The Morgan fingerprint density at radius 2 is 2.00 bits per heavy atom. The van der Waals surface area contributed by atoms with Gasteiger partial charge in [0.15, 0.2) is 0 Å². The zero-order valence-electron chi connectivity index (χ0n) is 13.9. The SMILES string of the molecule is C#CCN1C(=O)SC(=Cc2ccc(OCc3ccc(C(=O)O)o3)cc2)C1=O. The van der Waals surface area contributed by atoms with Crippen molar-refractivity contribution < 1.29 is 28.6 Å². The van der Waals surface area contributed by atoms with Crippen LogP contribution in [0.5, 0.6) is 5.75 Å². The van der Waals surface area contributed by atoms with Gasteiger partial charge in [-0.15, -0.1) is 6.42 Å². The number of carboxylic acids is 1. The second-order valence-corrected chi connectivity index (χ2v) is 6.39. The van der Waals surface area contributed by atoms with Crippen LogP contribution >= 0.6 is 11.8 Å². The van der Waals surface area contributed by atoms with Crippen LogP contribution < -0.4 is 4.74 Å². The molecule has 136 valence electrons. The van der Waals surface area contributed by atoms with Crippen molar-refractivity contribution in [1.82, 2.24) is 4.90 Å². The maximum Gasteiger partial charge on any atom is 0.371 e. The largest absolute Gasteiger partial charge is 0.486 e. The number of amides is 2. The fourth-order valence-electron chi connectivity index (χ4n) is 2.26. The Bertz CT molecular complexity index is 967. The lowest BCUT2D eigenvalue weighted by Crippen LogP contribution is -2.28. The molecule has 2 heterocycles. The molecule has 7 nitrogen and oxygen atoms in total. The minimum Gasteiger partial charge on any atom is -0.486 e. The van der Waals surface area contributed by atoms with E-state index in [2.05, 4.69) is 5.92 Å². The third-order valence-electron chi connectivity index (χ3n) is 3.55. The molecule has 1 aliphatic rings. The maximum atomic E-state index is 12.1. The molecule has 2 amide bonds. The Morgan fingerprint density at radius 3 is 2.63 bits per heavy atom. The molecule has 0 saturated carbocycles. The number of thioether (sulfide) groups is 1. The molecule has 1 aromatic heterocycles. The highest BCUT2D eigenvalue weighted by molar-refractivity contribution is 8.18. The molecular weight excluding hydrogens is 370 g/mol. The standard InChI is InChI=1S/C19H13NO6S/c1-2-9-20-17(21)16(27-19(20)24)10-12-3-5-13(6-4-12)25-11-14-7-8-15(26-14)18(22)23/h1,3-8,10H,9,11H2,(H,22,23). The summed E-state index contributed by atoms with van der Waals surface area (Å²) >= 11 is 0.844. The fraction of sp³-hybridized carbons (Fsp3) is 0.105. The molecule has 3 rings (SSSR count). The van der Waals surface area contributed by atoms with Crippen LogP contribution in [-0.4, -0.2) is 33.7 Å². The number of hydrogen-bond acceptors (Lipinski definition) is 6. The fourth-order valence-corrected chi connectivity index (χ4v) is 3.10. The van der Waals surface area contributed by atoms with Crippen molar-refractivity contribution in [3.8, 4) is 18.1 Å². The number of aromatic carboxylic acids is 1. The van der Waals surface area contributed by atoms with Crippen LogP contribution in [-0.2, 0) is 11.4 Å². The molecule has 1 aromatic carbocycles. The van der Waals surface area contributed by atoms with Crippen LogP contribution in [0.15, 0.2) is 45.7 Å². The number of rotatable bonds is 6. The van der Waals surface area contributed by atoms with Crippen LogP contribution in [0, 0.1) is 12.3 Å². The van der Waals surface area contributed by atoms with E-state index in [0.717, 1.165) is 22.2 Å². The smallest absolute Gasteiger partial charge is 0.371 e. The summed E-state index contributed by atoms with van der Waals surface area (Å²) in [5.74, 6) is 1.52. The summed E-state index contributed by atoms with van der Waals surface area (Å²) in [6.07, 6.45) is 6.77. The zero-order valence-corrected chi connectivity index (χ0v) is 14.7. The number of benzene rings is 1. The van der Waals surface area contributed by atoms with E-state index >= 15 is 0 Å². The van der Waals surface area contributed by atoms with Crippen molar-refractivity contribution >= 4 is 35.0 Å². The molecule has 0 aliphatic carbocycles. The van der Waals surface area contributed by atoms with Crippen LogP contribution in [0.2, 0.25) is 0 Å². The first-order valence-corrected chi connectivity index (χ1v) is 8.53. The van der Waals surface area contributed by atoms with Crippen molar-refractivity contribution in [2.45, 2.75) is 6.61 Å². The molecule has 0 spiro atoms. The number of imide groups is 1. The summed E-state index contributed by atoms with van der Waals surface area (Å²) in [5.41, 5.74) is 0.722. The molecular formula is C19H13NO6S. The Kier molecular flexibility index (Phi) is 5.33. The van der Waals surface area contributed by atoms with Gasteiger partial charge < -0.3 is 14.3 Å². The lowest BCUT2D eigenvalue weighted by molar-refractivity contribution is -0.122. The summed E-state index contributed by atoms with van der Waals surface area (Å²) in [6.45, 7) is 0.0305. The summed E-state index contributed by atoms with van der Waals surface area (Å²) in [5, 5.41) is 8.43. The van der Waals surface area contributed by atoms with Crippen LogP contribution in [0.1, 0.15) is 21.9 Å². The van der Waals surface area contributed by atoms with E-state index in [1.165, 1.54) is 12.1 Å². The van der Waals surface area contributed by atoms with Crippen molar-refractivity contribution in [2.24, 2.45) is 0 Å². The van der Waals surface area contributed by atoms with Crippen LogP contribution in [0.25, 0.3) is 6.08 Å². The number of hydrogen-bond donors (Lipinski definition) is 1. The second kappa shape index (κ2) is 7.85. The number of carboxylic acid groups (broad SMARTS) is 1.